The highest BCUT2D eigenvalue weighted by atomic mass is 32.1. The van der Waals surface area contributed by atoms with Crippen molar-refractivity contribution in [2.75, 3.05) is 52.9 Å². The number of rotatable bonds is 7. The quantitative estimate of drug-likeness (QED) is 0.752. The Kier molecular flexibility index (Phi) is 6.75. The number of aromatic nitrogens is 1. The maximum Gasteiger partial charge on any atom is 0.270 e. The first-order chi connectivity index (χ1) is 10.6. The minimum Gasteiger partial charge on any atom is -0.350 e. The Hall–Kier alpha value is -1.02. The molecule has 0 spiro atoms. The van der Waals surface area contributed by atoms with Crippen LogP contribution in [0.2, 0.25) is 0 Å². The van der Waals surface area contributed by atoms with Crippen LogP contribution in [0.15, 0.2) is 5.38 Å². The molecule has 0 radical (unpaired) electrons. The summed E-state index contributed by atoms with van der Waals surface area (Å²) in [4.78, 5) is 21.2. The number of nitrogens with one attached hydrogen (secondary N) is 1. The topological polar surface area (TPSA) is 74.5 Å². The highest BCUT2D eigenvalue weighted by Crippen LogP contribution is 2.10. The third-order valence-corrected chi connectivity index (χ3v) is 4.83. The number of thiazole rings is 1. The molecule has 3 N–H and O–H groups in total. The monoisotopic (exact) mass is 325 g/mol. The van der Waals surface area contributed by atoms with E-state index in [1.54, 1.807) is 0 Å². The van der Waals surface area contributed by atoms with Gasteiger partial charge in [0.2, 0.25) is 0 Å². The van der Waals surface area contributed by atoms with Gasteiger partial charge in [0.1, 0.15) is 5.69 Å². The molecule has 2 rings (SSSR count). The fourth-order valence-electron chi connectivity index (χ4n) is 2.55. The van der Waals surface area contributed by atoms with E-state index in [4.69, 9.17) is 5.73 Å². The van der Waals surface area contributed by atoms with Gasteiger partial charge in [0, 0.05) is 51.1 Å². The van der Waals surface area contributed by atoms with Gasteiger partial charge >= 0.3 is 0 Å². The molecule has 7 heteroatoms. The van der Waals surface area contributed by atoms with Crippen LogP contribution < -0.4 is 11.1 Å². The summed E-state index contributed by atoms with van der Waals surface area (Å²) in [5.74, 6) is 0.360. The molecule has 1 unspecified atom stereocenters. The van der Waals surface area contributed by atoms with Crippen LogP contribution in [0.3, 0.4) is 0 Å². The second-order valence-electron chi connectivity index (χ2n) is 6.08. The van der Waals surface area contributed by atoms with E-state index in [1.807, 2.05) is 5.38 Å². The standard InChI is InChI=1S/C15H27N5OS/c1-12(10-20-7-5-19(2)6-8-20)9-17-15(21)13-11-22-14(18-13)3-4-16/h11-12H,3-10,16H2,1-2H3,(H,17,21). The van der Waals surface area contributed by atoms with Crippen molar-refractivity contribution in [3.05, 3.63) is 16.1 Å². The molecule has 1 aliphatic heterocycles. The van der Waals surface area contributed by atoms with Gasteiger partial charge in [0.05, 0.1) is 5.01 Å². The molecule has 1 aromatic rings. The molecular formula is C15H27N5OS. The van der Waals surface area contributed by atoms with Crippen LogP contribution in [-0.2, 0) is 6.42 Å². The van der Waals surface area contributed by atoms with Crippen LogP contribution in [-0.4, -0.2) is 73.6 Å². The molecule has 124 valence electrons. The normalized spacial score (nSPS) is 18.3. The van der Waals surface area contributed by atoms with Crippen LogP contribution in [0, 0.1) is 5.92 Å². The predicted molar refractivity (Wildman–Crippen MR) is 90.3 cm³/mol. The van der Waals surface area contributed by atoms with Gasteiger partial charge in [0.15, 0.2) is 0 Å². The molecule has 1 aliphatic rings. The summed E-state index contributed by atoms with van der Waals surface area (Å²) in [5.41, 5.74) is 6.01. The van der Waals surface area contributed by atoms with Crippen LogP contribution in [0.1, 0.15) is 22.4 Å². The van der Waals surface area contributed by atoms with E-state index < -0.39 is 0 Å². The Balaban J connectivity index is 1.70. The Labute approximate surface area is 136 Å². The summed E-state index contributed by atoms with van der Waals surface area (Å²) in [6.07, 6.45) is 0.734. The number of likely N-dealkylation sites (N-methyl/N-ethyl adjacent to an activating group) is 1. The highest BCUT2D eigenvalue weighted by Gasteiger charge is 2.17. The smallest absolute Gasteiger partial charge is 0.270 e. The Morgan fingerprint density at radius 1 is 1.45 bits per heavy atom. The second-order valence-corrected chi connectivity index (χ2v) is 7.03. The van der Waals surface area contributed by atoms with Crippen molar-refractivity contribution < 1.29 is 4.79 Å². The summed E-state index contributed by atoms with van der Waals surface area (Å²) in [6.45, 7) is 8.95. The predicted octanol–water partition coefficient (Wildman–Crippen LogP) is 0.258. The number of hydrogen-bond acceptors (Lipinski definition) is 6. The van der Waals surface area contributed by atoms with Crippen molar-refractivity contribution >= 4 is 17.2 Å². The average Bonchev–Trinajstić information content (AvgIpc) is 2.96. The minimum atomic E-state index is -0.0789. The van der Waals surface area contributed by atoms with E-state index in [2.05, 4.69) is 34.1 Å². The number of hydrogen-bond donors (Lipinski definition) is 2. The number of carbonyl (C=O) groups excluding carboxylic acids is 1. The van der Waals surface area contributed by atoms with Gasteiger partial charge in [0.25, 0.3) is 5.91 Å². The van der Waals surface area contributed by atoms with Crippen molar-refractivity contribution in [1.29, 1.82) is 0 Å². The number of amides is 1. The maximum absolute atomic E-state index is 12.1. The zero-order valence-corrected chi connectivity index (χ0v) is 14.4. The first-order valence-corrected chi connectivity index (χ1v) is 8.80. The van der Waals surface area contributed by atoms with Crippen molar-refractivity contribution in [3.63, 3.8) is 0 Å². The lowest BCUT2D eigenvalue weighted by Crippen LogP contribution is -2.46. The average molecular weight is 325 g/mol. The van der Waals surface area contributed by atoms with Gasteiger partial charge in [-0.2, -0.15) is 0 Å². The molecule has 2 heterocycles. The molecule has 1 amide bonds. The summed E-state index contributed by atoms with van der Waals surface area (Å²) >= 11 is 1.50. The first kappa shape index (κ1) is 17.3. The molecule has 1 atom stereocenters. The van der Waals surface area contributed by atoms with E-state index in [1.165, 1.54) is 11.3 Å². The van der Waals surface area contributed by atoms with E-state index in [9.17, 15) is 4.79 Å². The van der Waals surface area contributed by atoms with E-state index >= 15 is 0 Å². The Bertz CT molecular complexity index is 470. The zero-order valence-electron chi connectivity index (χ0n) is 13.5. The molecule has 1 saturated heterocycles. The molecule has 0 saturated carbocycles. The van der Waals surface area contributed by atoms with E-state index in [-0.39, 0.29) is 5.91 Å². The molecule has 1 aromatic heterocycles. The molecule has 22 heavy (non-hydrogen) atoms. The number of carbonyl (C=O) groups is 1. The largest absolute Gasteiger partial charge is 0.350 e. The first-order valence-electron chi connectivity index (χ1n) is 7.92. The van der Waals surface area contributed by atoms with Crippen LogP contribution in [0.5, 0.6) is 0 Å². The van der Waals surface area contributed by atoms with Gasteiger partial charge in [-0.05, 0) is 19.5 Å². The zero-order chi connectivity index (χ0) is 15.9. The highest BCUT2D eigenvalue weighted by molar-refractivity contribution is 7.09. The molecule has 0 aromatic carbocycles. The number of piperazine rings is 1. The maximum atomic E-state index is 12.1. The Morgan fingerprint density at radius 3 is 2.86 bits per heavy atom. The van der Waals surface area contributed by atoms with Crippen molar-refractivity contribution in [3.8, 4) is 0 Å². The Morgan fingerprint density at radius 2 is 2.18 bits per heavy atom. The van der Waals surface area contributed by atoms with Crippen molar-refractivity contribution in [2.24, 2.45) is 11.7 Å². The number of nitrogens with two attached hydrogens (primary N) is 1. The van der Waals surface area contributed by atoms with Gasteiger partial charge in [-0.15, -0.1) is 11.3 Å². The van der Waals surface area contributed by atoms with Crippen LogP contribution >= 0.6 is 11.3 Å². The van der Waals surface area contributed by atoms with Crippen LogP contribution in [0.25, 0.3) is 0 Å². The SMILES string of the molecule is CC(CNC(=O)c1csc(CCN)n1)CN1CCN(C)CC1. The lowest BCUT2D eigenvalue weighted by atomic mass is 10.1. The summed E-state index contributed by atoms with van der Waals surface area (Å²) in [7, 11) is 2.16. The summed E-state index contributed by atoms with van der Waals surface area (Å²) < 4.78 is 0. The minimum absolute atomic E-state index is 0.0789. The summed E-state index contributed by atoms with van der Waals surface area (Å²) in [6, 6.07) is 0. The van der Waals surface area contributed by atoms with Crippen molar-refractivity contribution in [1.82, 2.24) is 20.1 Å². The van der Waals surface area contributed by atoms with E-state index in [0.717, 1.165) is 44.2 Å². The number of nitrogens with zero attached hydrogens (tertiary/aromatic N) is 3. The van der Waals surface area contributed by atoms with Gasteiger partial charge in [-0.25, -0.2) is 4.98 Å². The van der Waals surface area contributed by atoms with Gasteiger partial charge in [-0.1, -0.05) is 6.92 Å². The third kappa shape index (κ3) is 5.31. The molecule has 1 fully saturated rings. The lowest BCUT2D eigenvalue weighted by Gasteiger charge is -2.33. The van der Waals surface area contributed by atoms with E-state index in [0.29, 0.717) is 24.7 Å². The molecule has 0 aliphatic carbocycles. The van der Waals surface area contributed by atoms with Gasteiger partial charge < -0.3 is 20.9 Å². The fraction of sp³-hybridized carbons (Fsp3) is 0.733. The molecular weight excluding hydrogens is 298 g/mol. The second kappa shape index (κ2) is 8.57. The third-order valence-electron chi connectivity index (χ3n) is 3.92. The molecule has 0 bridgehead atoms. The van der Waals surface area contributed by atoms with Crippen LogP contribution in [0.4, 0.5) is 0 Å². The van der Waals surface area contributed by atoms with Gasteiger partial charge in [-0.3, -0.25) is 4.79 Å². The molecule has 6 nitrogen and oxygen atoms in total. The van der Waals surface area contributed by atoms with Crippen molar-refractivity contribution in [2.45, 2.75) is 13.3 Å². The lowest BCUT2D eigenvalue weighted by molar-refractivity contribution is 0.0933. The fourth-order valence-corrected chi connectivity index (χ4v) is 3.34. The summed E-state index contributed by atoms with van der Waals surface area (Å²) in [5, 5.41) is 5.73.